The van der Waals surface area contributed by atoms with E-state index in [1.54, 1.807) is 13.4 Å². The molecule has 0 bridgehead atoms. The van der Waals surface area contributed by atoms with Gasteiger partial charge in [-0.15, -0.1) is 0 Å². The minimum atomic E-state index is 0.567. The van der Waals surface area contributed by atoms with E-state index in [4.69, 9.17) is 9.15 Å². The van der Waals surface area contributed by atoms with Crippen molar-refractivity contribution in [1.82, 2.24) is 15.5 Å². The average molecular weight is 322 g/mol. The molecule has 130 valence electrons. The fraction of sp³-hybridized carbons (Fsp3) is 0.706. The van der Waals surface area contributed by atoms with Crippen molar-refractivity contribution in [3.8, 4) is 0 Å². The molecule has 23 heavy (non-hydrogen) atoms. The molecule has 1 aromatic rings. The lowest BCUT2D eigenvalue weighted by Crippen LogP contribution is -2.43. The van der Waals surface area contributed by atoms with Gasteiger partial charge in [0.05, 0.1) is 12.9 Å². The summed E-state index contributed by atoms with van der Waals surface area (Å²) in [7, 11) is 1.76. The molecule has 0 atom stereocenters. The summed E-state index contributed by atoms with van der Waals surface area (Å²) >= 11 is 0. The quantitative estimate of drug-likeness (QED) is 0.563. The maximum absolute atomic E-state index is 5.32. The molecule has 2 rings (SSSR count). The van der Waals surface area contributed by atoms with Gasteiger partial charge in [-0.3, -0.25) is 0 Å². The molecule has 2 N–H and O–H groups in total. The Morgan fingerprint density at radius 3 is 2.87 bits per heavy atom. The third-order valence-corrected chi connectivity index (χ3v) is 4.19. The minimum absolute atomic E-state index is 0.567. The first-order chi connectivity index (χ1) is 11.3. The van der Waals surface area contributed by atoms with E-state index < -0.39 is 0 Å². The normalized spacial score (nSPS) is 17.4. The number of hydrogen-bond acceptors (Lipinski definition) is 4. The predicted octanol–water partition coefficient (Wildman–Crippen LogP) is 1.69. The van der Waals surface area contributed by atoms with Gasteiger partial charge in [0.15, 0.2) is 5.96 Å². The van der Waals surface area contributed by atoms with Crippen molar-refractivity contribution in [2.24, 2.45) is 10.9 Å². The van der Waals surface area contributed by atoms with Crippen molar-refractivity contribution in [2.75, 3.05) is 46.4 Å². The Labute approximate surface area is 139 Å². The first-order valence-electron chi connectivity index (χ1n) is 8.57. The van der Waals surface area contributed by atoms with Gasteiger partial charge < -0.3 is 24.7 Å². The van der Waals surface area contributed by atoms with Crippen LogP contribution in [-0.2, 0) is 11.3 Å². The van der Waals surface area contributed by atoms with Gasteiger partial charge in [-0.25, -0.2) is 4.99 Å². The second-order valence-corrected chi connectivity index (χ2v) is 5.93. The Morgan fingerprint density at radius 2 is 2.22 bits per heavy atom. The lowest BCUT2D eigenvalue weighted by atomic mass is 9.97. The standard InChI is InChI=1S/C17H30N4O2/c1-3-18-17(20-14-16-5-4-11-23-16)19-13-15-6-8-21(9-7-15)10-12-22-2/h4-5,11,15H,3,6-10,12-14H2,1-2H3,(H2,18,19,20). The van der Waals surface area contributed by atoms with Crippen LogP contribution in [0, 0.1) is 5.92 Å². The van der Waals surface area contributed by atoms with Gasteiger partial charge in [-0.05, 0) is 50.9 Å². The monoisotopic (exact) mass is 322 g/mol. The molecule has 1 saturated heterocycles. The molecule has 1 aliphatic rings. The van der Waals surface area contributed by atoms with Crippen LogP contribution in [0.2, 0.25) is 0 Å². The van der Waals surface area contributed by atoms with Crippen LogP contribution >= 0.6 is 0 Å². The fourth-order valence-electron chi connectivity index (χ4n) is 2.78. The number of rotatable bonds is 8. The van der Waals surface area contributed by atoms with E-state index in [1.165, 1.54) is 12.8 Å². The number of likely N-dealkylation sites (tertiary alicyclic amines) is 1. The summed E-state index contributed by atoms with van der Waals surface area (Å²) in [4.78, 5) is 7.05. The molecule has 0 unspecified atom stereocenters. The number of aliphatic imine (C=N–C) groups is 1. The molecule has 1 aromatic heterocycles. The second kappa shape index (κ2) is 10.3. The molecule has 0 aromatic carbocycles. The third kappa shape index (κ3) is 6.62. The number of guanidine groups is 1. The van der Waals surface area contributed by atoms with Crippen molar-refractivity contribution in [3.63, 3.8) is 0 Å². The van der Waals surface area contributed by atoms with Crippen LogP contribution in [0.3, 0.4) is 0 Å². The van der Waals surface area contributed by atoms with E-state index in [-0.39, 0.29) is 0 Å². The molecular formula is C17H30N4O2. The van der Waals surface area contributed by atoms with E-state index in [0.29, 0.717) is 12.5 Å². The van der Waals surface area contributed by atoms with E-state index >= 15 is 0 Å². The Kier molecular flexibility index (Phi) is 7.97. The molecule has 0 saturated carbocycles. The Bertz CT molecular complexity index is 439. The molecule has 2 heterocycles. The van der Waals surface area contributed by atoms with E-state index in [1.807, 2.05) is 12.1 Å². The van der Waals surface area contributed by atoms with Crippen molar-refractivity contribution >= 4 is 5.96 Å². The predicted molar refractivity (Wildman–Crippen MR) is 92.6 cm³/mol. The zero-order valence-corrected chi connectivity index (χ0v) is 14.4. The van der Waals surface area contributed by atoms with Crippen molar-refractivity contribution in [1.29, 1.82) is 0 Å². The van der Waals surface area contributed by atoms with Gasteiger partial charge in [0.25, 0.3) is 0 Å². The van der Waals surface area contributed by atoms with Crippen molar-refractivity contribution in [3.05, 3.63) is 24.2 Å². The van der Waals surface area contributed by atoms with Crippen LogP contribution in [0.4, 0.5) is 0 Å². The highest BCUT2D eigenvalue weighted by molar-refractivity contribution is 5.79. The molecule has 6 nitrogen and oxygen atoms in total. The Hall–Kier alpha value is -1.53. The van der Waals surface area contributed by atoms with Crippen LogP contribution in [-0.4, -0.2) is 57.3 Å². The van der Waals surface area contributed by atoms with Crippen LogP contribution in [0.15, 0.2) is 27.8 Å². The SMILES string of the molecule is CCNC(=NCc1ccco1)NCC1CCN(CCOC)CC1. The van der Waals surface area contributed by atoms with Crippen LogP contribution in [0.5, 0.6) is 0 Å². The Morgan fingerprint density at radius 1 is 1.39 bits per heavy atom. The Balaban J connectivity index is 1.70. The number of ether oxygens (including phenoxy) is 1. The molecule has 0 aliphatic carbocycles. The zero-order valence-electron chi connectivity index (χ0n) is 14.4. The highest BCUT2D eigenvalue weighted by Gasteiger charge is 2.18. The van der Waals surface area contributed by atoms with Crippen LogP contribution in [0.1, 0.15) is 25.5 Å². The molecule has 6 heteroatoms. The number of nitrogens with zero attached hydrogens (tertiary/aromatic N) is 2. The number of piperidine rings is 1. The van der Waals surface area contributed by atoms with Crippen LogP contribution < -0.4 is 10.6 Å². The summed E-state index contributed by atoms with van der Waals surface area (Å²) in [6.07, 6.45) is 4.14. The molecule has 0 amide bonds. The minimum Gasteiger partial charge on any atom is -0.467 e. The van der Waals surface area contributed by atoms with Gasteiger partial charge in [0.2, 0.25) is 0 Å². The number of hydrogen-bond donors (Lipinski definition) is 2. The van der Waals surface area contributed by atoms with Crippen LogP contribution in [0.25, 0.3) is 0 Å². The first-order valence-corrected chi connectivity index (χ1v) is 8.57. The van der Waals surface area contributed by atoms with Gasteiger partial charge in [0, 0.05) is 26.7 Å². The summed E-state index contributed by atoms with van der Waals surface area (Å²) in [5.41, 5.74) is 0. The number of furan rings is 1. The number of methoxy groups -OCH3 is 1. The summed E-state index contributed by atoms with van der Waals surface area (Å²) < 4.78 is 10.5. The smallest absolute Gasteiger partial charge is 0.191 e. The molecule has 0 radical (unpaired) electrons. The maximum Gasteiger partial charge on any atom is 0.191 e. The topological polar surface area (TPSA) is 62.0 Å². The lowest BCUT2D eigenvalue weighted by molar-refractivity contribution is 0.121. The highest BCUT2D eigenvalue weighted by atomic mass is 16.5. The summed E-state index contributed by atoms with van der Waals surface area (Å²) in [5.74, 6) is 2.46. The highest BCUT2D eigenvalue weighted by Crippen LogP contribution is 2.15. The van der Waals surface area contributed by atoms with E-state index in [9.17, 15) is 0 Å². The summed E-state index contributed by atoms with van der Waals surface area (Å²) in [6, 6.07) is 3.84. The second-order valence-electron chi connectivity index (χ2n) is 5.93. The van der Waals surface area contributed by atoms with Gasteiger partial charge in [0.1, 0.15) is 12.3 Å². The van der Waals surface area contributed by atoms with Crippen molar-refractivity contribution in [2.45, 2.75) is 26.3 Å². The summed E-state index contributed by atoms with van der Waals surface area (Å²) in [6.45, 7) is 8.68. The third-order valence-electron chi connectivity index (χ3n) is 4.19. The van der Waals surface area contributed by atoms with E-state index in [2.05, 4.69) is 27.4 Å². The molecule has 1 fully saturated rings. The number of nitrogens with one attached hydrogen (secondary N) is 2. The molecular weight excluding hydrogens is 292 g/mol. The first kappa shape index (κ1) is 17.8. The van der Waals surface area contributed by atoms with Gasteiger partial charge in [-0.2, -0.15) is 0 Å². The average Bonchev–Trinajstić information content (AvgIpc) is 3.10. The largest absolute Gasteiger partial charge is 0.467 e. The fourth-order valence-corrected chi connectivity index (χ4v) is 2.78. The molecule has 1 aliphatic heterocycles. The maximum atomic E-state index is 5.32. The summed E-state index contributed by atoms with van der Waals surface area (Å²) in [5, 5.41) is 6.76. The van der Waals surface area contributed by atoms with E-state index in [0.717, 1.165) is 51.1 Å². The van der Waals surface area contributed by atoms with Gasteiger partial charge >= 0.3 is 0 Å². The molecule has 0 spiro atoms. The van der Waals surface area contributed by atoms with Gasteiger partial charge in [-0.1, -0.05) is 0 Å². The lowest BCUT2D eigenvalue weighted by Gasteiger charge is -2.32. The zero-order chi connectivity index (χ0) is 16.3. The van der Waals surface area contributed by atoms with Crippen molar-refractivity contribution < 1.29 is 9.15 Å².